The Morgan fingerprint density at radius 3 is 2.42 bits per heavy atom. The minimum absolute atomic E-state index is 0.168. The van der Waals surface area contributed by atoms with E-state index < -0.39 is 29.6 Å². The van der Waals surface area contributed by atoms with Crippen molar-refractivity contribution in [2.24, 2.45) is 0 Å². The van der Waals surface area contributed by atoms with Gasteiger partial charge in [-0.05, 0) is 43.3 Å². The third-order valence-corrected chi connectivity index (χ3v) is 3.09. The van der Waals surface area contributed by atoms with Crippen LogP contribution >= 0.6 is 0 Å². The van der Waals surface area contributed by atoms with Crippen LogP contribution in [0.5, 0.6) is 0 Å². The number of nitriles is 1. The minimum Gasteiger partial charge on any atom is -0.449 e. The number of amides is 1. The van der Waals surface area contributed by atoms with Gasteiger partial charge < -0.3 is 10.1 Å². The van der Waals surface area contributed by atoms with Crippen molar-refractivity contribution < 1.29 is 23.1 Å². The molecule has 0 spiro atoms. The Labute approximate surface area is 136 Å². The molecule has 2 rings (SSSR count). The molecule has 2 aromatic rings. The first kappa shape index (κ1) is 17.1. The summed E-state index contributed by atoms with van der Waals surface area (Å²) < 4.78 is 31.3. The van der Waals surface area contributed by atoms with Crippen LogP contribution in [0.4, 0.5) is 14.5 Å². The lowest BCUT2D eigenvalue weighted by molar-refractivity contribution is -0.123. The molecule has 0 aliphatic heterocycles. The molecule has 5 nitrogen and oxygen atoms in total. The second-order valence-electron chi connectivity index (χ2n) is 4.85. The van der Waals surface area contributed by atoms with E-state index in [-0.39, 0.29) is 11.3 Å². The summed E-state index contributed by atoms with van der Waals surface area (Å²) in [5, 5.41) is 10.9. The average Bonchev–Trinajstić information content (AvgIpc) is 2.57. The highest BCUT2D eigenvalue weighted by molar-refractivity contribution is 5.97. The SMILES string of the molecule is CC(OC(=O)c1ccc(C#N)cc1)C(=O)Nc1ccc(F)cc1F. The molecule has 0 aliphatic rings. The van der Waals surface area contributed by atoms with E-state index in [2.05, 4.69) is 5.32 Å². The van der Waals surface area contributed by atoms with E-state index in [1.165, 1.54) is 31.2 Å². The van der Waals surface area contributed by atoms with Crippen LogP contribution < -0.4 is 5.32 Å². The van der Waals surface area contributed by atoms with Gasteiger partial charge in [0.1, 0.15) is 11.6 Å². The van der Waals surface area contributed by atoms with Gasteiger partial charge in [-0.1, -0.05) is 0 Å². The molecule has 0 radical (unpaired) electrons. The molecule has 1 amide bonds. The Kier molecular flexibility index (Phi) is 5.22. The number of nitrogens with one attached hydrogen (secondary N) is 1. The standard InChI is InChI=1S/C17H12F2N2O3/c1-10(16(22)21-15-7-6-13(18)8-14(15)19)24-17(23)12-4-2-11(9-20)3-5-12/h2-8,10H,1H3,(H,21,22). The number of rotatable bonds is 4. The summed E-state index contributed by atoms with van der Waals surface area (Å²) in [7, 11) is 0. The molecule has 0 heterocycles. The highest BCUT2D eigenvalue weighted by atomic mass is 19.1. The quantitative estimate of drug-likeness (QED) is 0.874. The molecule has 0 saturated heterocycles. The largest absolute Gasteiger partial charge is 0.449 e. The van der Waals surface area contributed by atoms with E-state index in [9.17, 15) is 18.4 Å². The van der Waals surface area contributed by atoms with Gasteiger partial charge in [0, 0.05) is 6.07 Å². The number of carbonyl (C=O) groups is 2. The first-order valence-electron chi connectivity index (χ1n) is 6.88. The normalized spacial score (nSPS) is 11.2. The molecule has 7 heteroatoms. The predicted octanol–water partition coefficient (Wildman–Crippen LogP) is 3.02. The van der Waals surface area contributed by atoms with Gasteiger partial charge in [-0.2, -0.15) is 5.26 Å². The van der Waals surface area contributed by atoms with Crippen LogP contribution in [0.2, 0.25) is 0 Å². The second-order valence-corrected chi connectivity index (χ2v) is 4.85. The lowest BCUT2D eigenvalue weighted by atomic mass is 10.1. The van der Waals surface area contributed by atoms with Crippen LogP contribution in [-0.4, -0.2) is 18.0 Å². The fourth-order valence-corrected chi connectivity index (χ4v) is 1.79. The lowest BCUT2D eigenvalue weighted by Crippen LogP contribution is -2.30. The number of esters is 1. The van der Waals surface area contributed by atoms with E-state index >= 15 is 0 Å². The number of hydrogen-bond acceptors (Lipinski definition) is 4. The van der Waals surface area contributed by atoms with Gasteiger partial charge >= 0.3 is 5.97 Å². The molecule has 2 aromatic carbocycles. The maximum Gasteiger partial charge on any atom is 0.338 e. The second kappa shape index (κ2) is 7.33. The average molecular weight is 330 g/mol. The summed E-state index contributed by atoms with van der Waals surface area (Å²) in [6.45, 7) is 1.32. The number of carbonyl (C=O) groups excluding carboxylic acids is 2. The van der Waals surface area contributed by atoms with Crippen LogP contribution in [0.25, 0.3) is 0 Å². The summed E-state index contributed by atoms with van der Waals surface area (Å²) in [6, 6.07) is 10.3. The number of halogens is 2. The molecular formula is C17H12F2N2O3. The number of anilines is 1. The van der Waals surface area contributed by atoms with Crippen LogP contribution in [0.3, 0.4) is 0 Å². The fourth-order valence-electron chi connectivity index (χ4n) is 1.79. The maximum absolute atomic E-state index is 13.5. The zero-order chi connectivity index (χ0) is 17.7. The number of benzene rings is 2. The third kappa shape index (κ3) is 4.14. The van der Waals surface area contributed by atoms with Crippen LogP contribution in [0.1, 0.15) is 22.8 Å². The zero-order valence-electron chi connectivity index (χ0n) is 12.5. The van der Waals surface area contributed by atoms with E-state index in [4.69, 9.17) is 10.00 Å². The molecule has 1 N–H and O–H groups in total. The summed E-state index contributed by atoms with van der Waals surface area (Å²) in [6.07, 6.45) is -1.20. The van der Waals surface area contributed by atoms with Gasteiger partial charge in [0.2, 0.25) is 0 Å². The third-order valence-electron chi connectivity index (χ3n) is 3.09. The summed E-state index contributed by atoms with van der Waals surface area (Å²) in [5.41, 5.74) is 0.327. The van der Waals surface area contributed by atoms with E-state index in [0.717, 1.165) is 12.1 Å². The van der Waals surface area contributed by atoms with Gasteiger partial charge in [-0.3, -0.25) is 4.79 Å². The van der Waals surface area contributed by atoms with Gasteiger partial charge in [0.25, 0.3) is 5.91 Å². The summed E-state index contributed by atoms with van der Waals surface area (Å²) >= 11 is 0. The van der Waals surface area contributed by atoms with Crippen LogP contribution in [0.15, 0.2) is 42.5 Å². The van der Waals surface area contributed by atoms with Crippen LogP contribution in [-0.2, 0) is 9.53 Å². The molecular weight excluding hydrogens is 318 g/mol. The molecule has 122 valence electrons. The van der Waals surface area contributed by atoms with Crippen molar-refractivity contribution in [3.8, 4) is 6.07 Å². The molecule has 0 fully saturated rings. The maximum atomic E-state index is 13.5. The lowest BCUT2D eigenvalue weighted by Gasteiger charge is -2.14. The molecule has 24 heavy (non-hydrogen) atoms. The van der Waals surface area contributed by atoms with Crippen molar-refractivity contribution in [1.82, 2.24) is 0 Å². The minimum atomic E-state index is -1.20. The van der Waals surface area contributed by atoms with E-state index in [1.54, 1.807) is 0 Å². The Morgan fingerprint density at radius 1 is 1.17 bits per heavy atom. The highest BCUT2D eigenvalue weighted by Gasteiger charge is 2.20. The van der Waals surface area contributed by atoms with Crippen molar-refractivity contribution in [3.63, 3.8) is 0 Å². The van der Waals surface area contributed by atoms with Gasteiger partial charge in [0.15, 0.2) is 6.10 Å². The van der Waals surface area contributed by atoms with Crippen molar-refractivity contribution in [2.45, 2.75) is 13.0 Å². The molecule has 0 saturated carbocycles. The van der Waals surface area contributed by atoms with E-state index in [0.29, 0.717) is 11.6 Å². The van der Waals surface area contributed by atoms with Crippen molar-refractivity contribution in [1.29, 1.82) is 5.26 Å². The van der Waals surface area contributed by atoms with Gasteiger partial charge in [0.05, 0.1) is 22.9 Å². The molecule has 1 atom stereocenters. The number of nitrogens with zero attached hydrogens (tertiary/aromatic N) is 1. The molecule has 0 aromatic heterocycles. The monoisotopic (exact) mass is 330 g/mol. The molecule has 0 aliphatic carbocycles. The Balaban J connectivity index is 2.00. The first-order valence-corrected chi connectivity index (χ1v) is 6.88. The Bertz CT molecular complexity index is 814. The fraction of sp³-hybridized carbons (Fsp3) is 0.118. The van der Waals surface area contributed by atoms with Gasteiger partial charge in [-0.25, -0.2) is 13.6 Å². The topological polar surface area (TPSA) is 79.2 Å². The highest BCUT2D eigenvalue weighted by Crippen LogP contribution is 2.16. The predicted molar refractivity (Wildman–Crippen MR) is 81.0 cm³/mol. The van der Waals surface area contributed by atoms with Crippen LogP contribution in [0, 0.1) is 23.0 Å². The summed E-state index contributed by atoms with van der Waals surface area (Å²) in [4.78, 5) is 23.8. The van der Waals surface area contributed by atoms with Crippen molar-refractivity contribution >= 4 is 17.6 Å². The van der Waals surface area contributed by atoms with Crippen molar-refractivity contribution in [3.05, 3.63) is 65.2 Å². The van der Waals surface area contributed by atoms with E-state index in [1.807, 2.05) is 6.07 Å². The number of hydrogen-bond donors (Lipinski definition) is 1. The Hall–Kier alpha value is -3.27. The first-order chi connectivity index (χ1) is 11.4. The smallest absolute Gasteiger partial charge is 0.338 e. The van der Waals surface area contributed by atoms with Gasteiger partial charge in [-0.15, -0.1) is 0 Å². The molecule has 1 unspecified atom stereocenters. The van der Waals surface area contributed by atoms with Crippen molar-refractivity contribution in [2.75, 3.05) is 5.32 Å². The Morgan fingerprint density at radius 2 is 1.83 bits per heavy atom. The molecule has 0 bridgehead atoms. The number of ether oxygens (including phenoxy) is 1. The summed E-state index contributed by atoms with van der Waals surface area (Å²) in [5.74, 6) is -3.23. The zero-order valence-corrected chi connectivity index (χ0v) is 12.5.